The fourth-order valence-electron chi connectivity index (χ4n) is 4.18. The van der Waals surface area contributed by atoms with Crippen LogP contribution in [0, 0.1) is 17.6 Å². The van der Waals surface area contributed by atoms with Gasteiger partial charge >= 0.3 is 5.97 Å². The van der Waals surface area contributed by atoms with Gasteiger partial charge in [0.25, 0.3) is 0 Å². The van der Waals surface area contributed by atoms with Crippen LogP contribution in [0.2, 0.25) is 0 Å². The van der Waals surface area contributed by atoms with Crippen molar-refractivity contribution in [1.29, 1.82) is 0 Å². The molecule has 3 N–H and O–H groups in total. The minimum absolute atomic E-state index is 0. The average Bonchev–Trinajstić information content (AvgIpc) is 3.13. The Kier molecular flexibility index (Phi) is 9.40. The van der Waals surface area contributed by atoms with Gasteiger partial charge in [0, 0.05) is 18.2 Å². The van der Waals surface area contributed by atoms with E-state index in [1.54, 1.807) is 0 Å². The Morgan fingerprint density at radius 2 is 1.88 bits per heavy atom. The number of hydrogen-bond donors (Lipinski definition) is 3. The zero-order chi connectivity index (χ0) is 23.3. The lowest BCUT2D eigenvalue weighted by molar-refractivity contribution is -0.131. The van der Waals surface area contributed by atoms with Gasteiger partial charge in [0.05, 0.1) is 0 Å². The molecule has 0 amide bonds. The SMILES string of the molecule is CC(C)(CC1Cc2ccccc2C1)NCC(O)COc1cc(/C=C/C(=O)O)cc(F)c1F.Cl. The number of fused-ring (bicyclic) bond motifs is 1. The molecule has 0 saturated carbocycles. The molecule has 2 aromatic carbocycles. The summed E-state index contributed by atoms with van der Waals surface area (Å²) in [5.41, 5.74) is 2.73. The topological polar surface area (TPSA) is 78.8 Å². The Morgan fingerprint density at radius 3 is 2.48 bits per heavy atom. The summed E-state index contributed by atoms with van der Waals surface area (Å²) >= 11 is 0. The molecule has 0 radical (unpaired) electrons. The Bertz CT molecular complexity index is 971. The molecule has 0 fully saturated rings. The average molecular weight is 482 g/mol. The molecule has 1 aliphatic rings. The van der Waals surface area contributed by atoms with Crippen LogP contribution in [-0.2, 0) is 17.6 Å². The van der Waals surface area contributed by atoms with Gasteiger partial charge in [0.2, 0.25) is 5.82 Å². The van der Waals surface area contributed by atoms with Crippen molar-refractivity contribution in [3.8, 4) is 5.75 Å². The molecule has 8 heteroatoms. The van der Waals surface area contributed by atoms with E-state index >= 15 is 0 Å². The van der Waals surface area contributed by atoms with E-state index < -0.39 is 23.7 Å². The number of carboxylic acids is 1. The predicted octanol–water partition coefficient (Wildman–Crippen LogP) is 4.40. The Balaban J connectivity index is 0.00000385. The highest BCUT2D eigenvalue weighted by molar-refractivity contribution is 5.85. The Hall–Kier alpha value is -2.48. The molecule has 5 nitrogen and oxygen atoms in total. The first-order chi connectivity index (χ1) is 15.1. The molecule has 0 bridgehead atoms. The number of rotatable bonds is 10. The van der Waals surface area contributed by atoms with E-state index in [9.17, 15) is 18.7 Å². The normalized spacial score (nSPS) is 14.7. The zero-order valence-electron chi connectivity index (χ0n) is 18.7. The summed E-state index contributed by atoms with van der Waals surface area (Å²) in [4.78, 5) is 10.6. The maximum Gasteiger partial charge on any atom is 0.328 e. The summed E-state index contributed by atoms with van der Waals surface area (Å²) in [5, 5.41) is 22.3. The van der Waals surface area contributed by atoms with Gasteiger partial charge in [0.15, 0.2) is 11.6 Å². The fraction of sp³-hybridized carbons (Fsp3) is 0.400. The second kappa shape index (κ2) is 11.6. The van der Waals surface area contributed by atoms with Crippen molar-refractivity contribution in [3.63, 3.8) is 0 Å². The molecule has 180 valence electrons. The number of aliphatic hydroxyl groups is 1. The first-order valence-electron chi connectivity index (χ1n) is 10.7. The molecule has 1 unspecified atom stereocenters. The quantitative estimate of drug-likeness (QED) is 0.438. The van der Waals surface area contributed by atoms with Gasteiger partial charge in [-0.15, -0.1) is 12.4 Å². The molecule has 0 saturated heterocycles. The monoisotopic (exact) mass is 481 g/mol. The minimum atomic E-state index is -1.21. The van der Waals surface area contributed by atoms with Crippen LogP contribution < -0.4 is 10.1 Å². The number of carbonyl (C=O) groups is 1. The van der Waals surface area contributed by atoms with Crippen molar-refractivity contribution in [1.82, 2.24) is 5.32 Å². The van der Waals surface area contributed by atoms with Crippen LogP contribution in [0.1, 0.15) is 37.0 Å². The Morgan fingerprint density at radius 1 is 1.24 bits per heavy atom. The third-order valence-electron chi connectivity index (χ3n) is 5.62. The van der Waals surface area contributed by atoms with Crippen molar-refractivity contribution in [3.05, 3.63) is 70.8 Å². The van der Waals surface area contributed by atoms with Crippen LogP contribution >= 0.6 is 12.4 Å². The lowest BCUT2D eigenvalue weighted by Gasteiger charge is -2.30. The largest absolute Gasteiger partial charge is 0.488 e. The van der Waals surface area contributed by atoms with Gasteiger partial charge in [-0.25, -0.2) is 9.18 Å². The predicted molar refractivity (Wildman–Crippen MR) is 126 cm³/mol. The fourth-order valence-corrected chi connectivity index (χ4v) is 4.18. The van der Waals surface area contributed by atoms with Crippen molar-refractivity contribution >= 4 is 24.5 Å². The maximum atomic E-state index is 14.0. The number of aliphatic carboxylic acids is 1. The lowest BCUT2D eigenvalue weighted by atomic mass is 9.88. The van der Waals surface area contributed by atoms with Crippen LogP contribution in [0.5, 0.6) is 5.75 Å². The third kappa shape index (κ3) is 7.81. The van der Waals surface area contributed by atoms with E-state index in [1.165, 1.54) is 17.2 Å². The molecule has 2 aromatic rings. The molecule has 1 aliphatic carbocycles. The highest BCUT2D eigenvalue weighted by atomic mass is 35.5. The van der Waals surface area contributed by atoms with E-state index in [2.05, 4.69) is 43.4 Å². The van der Waals surface area contributed by atoms with E-state index in [4.69, 9.17) is 9.84 Å². The molecule has 0 aromatic heterocycles. The number of nitrogens with one attached hydrogen (secondary N) is 1. The molecule has 1 atom stereocenters. The van der Waals surface area contributed by atoms with Crippen molar-refractivity contribution in [2.45, 2.75) is 44.8 Å². The van der Waals surface area contributed by atoms with Gasteiger partial charge in [-0.2, -0.15) is 4.39 Å². The number of β-amino-alcohol motifs (C(OH)–C–C–N with tert-alkyl or cyclic N) is 1. The zero-order valence-corrected chi connectivity index (χ0v) is 19.5. The van der Waals surface area contributed by atoms with E-state index in [0.717, 1.165) is 37.5 Å². The standard InChI is InChI=1S/C25H29F2NO4.ClH/c1-25(2,13-17-9-18-5-3-4-6-19(18)10-17)28-14-20(29)15-32-22-12-16(7-8-23(30)31)11-21(26)24(22)27;/h3-8,11-12,17,20,28-29H,9-10,13-15H2,1-2H3,(H,30,31);1H/b8-7+;. The van der Waals surface area contributed by atoms with Gasteiger partial charge in [0.1, 0.15) is 12.7 Å². The molecule has 0 spiro atoms. The third-order valence-corrected chi connectivity index (χ3v) is 5.62. The molecular formula is C25H30ClF2NO4. The van der Waals surface area contributed by atoms with Gasteiger partial charge in [-0.1, -0.05) is 24.3 Å². The maximum absolute atomic E-state index is 14.0. The number of carboxylic acid groups (broad SMARTS) is 1. The van der Waals surface area contributed by atoms with Crippen molar-refractivity contribution in [2.75, 3.05) is 13.2 Å². The smallest absolute Gasteiger partial charge is 0.328 e. The van der Waals surface area contributed by atoms with Gasteiger partial charge in [-0.05, 0) is 73.9 Å². The summed E-state index contributed by atoms with van der Waals surface area (Å²) in [6.07, 6.45) is 4.05. The second-order valence-corrected chi connectivity index (χ2v) is 8.96. The first kappa shape index (κ1) is 26.8. The van der Waals surface area contributed by atoms with E-state index in [1.807, 2.05) is 0 Å². The van der Waals surface area contributed by atoms with Crippen LogP contribution in [0.25, 0.3) is 6.08 Å². The molecule has 33 heavy (non-hydrogen) atoms. The summed E-state index contributed by atoms with van der Waals surface area (Å²) in [5.74, 6) is -3.39. The Labute approximate surface area is 198 Å². The van der Waals surface area contributed by atoms with Gasteiger partial charge < -0.3 is 20.3 Å². The van der Waals surface area contributed by atoms with E-state index in [0.29, 0.717) is 5.92 Å². The second-order valence-electron chi connectivity index (χ2n) is 8.96. The van der Waals surface area contributed by atoms with Crippen LogP contribution in [0.4, 0.5) is 8.78 Å². The number of halogens is 3. The number of benzene rings is 2. The van der Waals surface area contributed by atoms with Crippen LogP contribution in [0.15, 0.2) is 42.5 Å². The molecule has 0 heterocycles. The van der Waals surface area contributed by atoms with Crippen molar-refractivity contribution < 1.29 is 28.5 Å². The summed E-state index contributed by atoms with van der Waals surface area (Å²) in [7, 11) is 0. The minimum Gasteiger partial charge on any atom is -0.488 e. The van der Waals surface area contributed by atoms with Crippen LogP contribution in [-0.4, -0.2) is 41.0 Å². The number of ether oxygens (including phenoxy) is 1. The van der Waals surface area contributed by atoms with Crippen molar-refractivity contribution in [2.24, 2.45) is 5.92 Å². The molecule has 0 aliphatic heterocycles. The summed E-state index contributed by atoms with van der Waals surface area (Å²) < 4.78 is 33.1. The summed E-state index contributed by atoms with van der Waals surface area (Å²) in [6.45, 7) is 4.16. The highest BCUT2D eigenvalue weighted by Crippen LogP contribution is 2.32. The molecule has 3 rings (SSSR count). The van der Waals surface area contributed by atoms with Crippen LogP contribution in [0.3, 0.4) is 0 Å². The first-order valence-corrected chi connectivity index (χ1v) is 10.7. The van der Waals surface area contributed by atoms with Gasteiger partial charge in [-0.3, -0.25) is 0 Å². The number of hydrogen-bond acceptors (Lipinski definition) is 4. The highest BCUT2D eigenvalue weighted by Gasteiger charge is 2.28. The van der Waals surface area contributed by atoms with E-state index in [-0.39, 0.29) is 42.4 Å². The number of aliphatic hydroxyl groups excluding tert-OH is 1. The lowest BCUT2D eigenvalue weighted by Crippen LogP contribution is -2.46. The summed E-state index contributed by atoms with van der Waals surface area (Å²) in [6, 6.07) is 10.5. The molecular weight excluding hydrogens is 452 g/mol.